The highest BCUT2D eigenvalue weighted by molar-refractivity contribution is 5.26. The molecule has 0 bridgehead atoms. The largest absolute Gasteiger partial charge is 0.489 e. The Morgan fingerprint density at radius 3 is 2.67 bits per heavy atom. The van der Waals surface area contributed by atoms with Crippen molar-refractivity contribution in [3.8, 4) is 5.75 Å². The number of hydrogen-bond acceptors (Lipinski definition) is 2. The highest BCUT2D eigenvalue weighted by Crippen LogP contribution is 2.18. The van der Waals surface area contributed by atoms with E-state index in [-0.39, 0.29) is 0 Å². The molecule has 0 saturated carbocycles. The molecule has 0 aliphatic carbocycles. The van der Waals surface area contributed by atoms with Crippen LogP contribution in [0.5, 0.6) is 5.75 Å². The van der Waals surface area contributed by atoms with E-state index >= 15 is 0 Å². The van der Waals surface area contributed by atoms with Gasteiger partial charge in [0.15, 0.2) is 0 Å². The van der Waals surface area contributed by atoms with Crippen molar-refractivity contribution in [2.45, 2.75) is 25.9 Å². The van der Waals surface area contributed by atoms with Gasteiger partial charge in [-0.25, -0.2) is 0 Å². The van der Waals surface area contributed by atoms with Crippen molar-refractivity contribution >= 4 is 0 Å². The third kappa shape index (κ3) is 2.96. The molecule has 0 radical (unpaired) electrons. The van der Waals surface area contributed by atoms with Crippen LogP contribution in [0.25, 0.3) is 0 Å². The molecule has 1 aromatic carbocycles. The second kappa shape index (κ2) is 4.67. The molecule has 1 saturated heterocycles. The summed E-state index contributed by atoms with van der Waals surface area (Å²) in [7, 11) is 2.16. The number of ether oxygens (including phenoxy) is 1. The first kappa shape index (κ1) is 10.5. The minimum atomic E-state index is 0.367. The highest BCUT2D eigenvalue weighted by atomic mass is 16.5. The van der Waals surface area contributed by atoms with Crippen molar-refractivity contribution in [1.82, 2.24) is 4.90 Å². The van der Waals surface area contributed by atoms with Crippen molar-refractivity contribution in [2.75, 3.05) is 20.1 Å². The monoisotopic (exact) mass is 205 g/mol. The van der Waals surface area contributed by atoms with Gasteiger partial charge in [0.25, 0.3) is 0 Å². The smallest absolute Gasteiger partial charge is 0.119 e. The van der Waals surface area contributed by atoms with E-state index in [9.17, 15) is 0 Å². The lowest BCUT2D eigenvalue weighted by molar-refractivity contribution is 0.104. The molecule has 0 spiro atoms. The van der Waals surface area contributed by atoms with Crippen LogP contribution in [0, 0.1) is 6.92 Å². The molecule has 1 aliphatic rings. The van der Waals surface area contributed by atoms with Crippen LogP contribution >= 0.6 is 0 Å². The Morgan fingerprint density at radius 2 is 2.00 bits per heavy atom. The first-order valence-electron chi connectivity index (χ1n) is 5.66. The van der Waals surface area contributed by atoms with Gasteiger partial charge in [0.05, 0.1) is 0 Å². The van der Waals surface area contributed by atoms with Gasteiger partial charge in [-0.05, 0) is 45.5 Å². The summed E-state index contributed by atoms with van der Waals surface area (Å²) >= 11 is 0. The lowest BCUT2D eigenvalue weighted by Gasteiger charge is -2.30. The number of rotatable bonds is 2. The van der Waals surface area contributed by atoms with Crippen LogP contribution in [-0.4, -0.2) is 31.1 Å². The third-order valence-electron chi connectivity index (χ3n) is 2.90. The first-order chi connectivity index (χ1) is 7.24. The average molecular weight is 205 g/mol. The van der Waals surface area contributed by atoms with Gasteiger partial charge < -0.3 is 9.64 Å². The lowest BCUT2D eigenvalue weighted by Crippen LogP contribution is -2.38. The molecule has 1 aliphatic heterocycles. The number of hydrogen-bond donors (Lipinski definition) is 0. The number of benzene rings is 1. The van der Waals surface area contributed by atoms with E-state index in [0.717, 1.165) is 12.3 Å². The van der Waals surface area contributed by atoms with E-state index in [1.54, 1.807) is 0 Å². The van der Waals surface area contributed by atoms with Crippen LogP contribution in [0.1, 0.15) is 18.4 Å². The van der Waals surface area contributed by atoms with Gasteiger partial charge in [-0.2, -0.15) is 0 Å². The predicted molar refractivity (Wildman–Crippen MR) is 62.3 cm³/mol. The summed E-state index contributed by atoms with van der Waals surface area (Å²) in [5.74, 6) is 1.00. The Balaban J connectivity index is 1.93. The van der Waals surface area contributed by atoms with Crippen LogP contribution < -0.4 is 4.74 Å². The predicted octanol–water partition coefficient (Wildman–Crippen LogP) is 2.47. The summed E-state index contributed by atoms with van der Waals surface area (Å²) in [4.78, 5) is 2.34. The molecule has 82 valence electrons. The molecule has 1 aromatic rings. The van der Waals surface area contributed by atoms with Crippen molar-refractivity contribution in [2.24, 2.45) is 0 Å². The van der Waals surface area contributed by atoms with Gasteiger partial charge in [-0.15, -0.1) is 0 Å². The van der Waals surface area contributed by atoms with Crippen LogP contribution in [0.4, 0.5) is 0 Å². The molecule has 2 heteroatoms. The van der Waals surface area contributed by atoms with Gasteiger partial charge in [0, 0.05) is 6.54 Å². The Hall–Kier alpha value is -1.02. The summed E-state index contributed by atoms with van der Waals surface area (Å²) in [5.41, 5.74) is 1.28. The third-order valence-corrected chi connectivity index (χ3v) is 2.90. The minimum absolute atomic E-state index is 0.367. The molecular formula is C13H19NO. The summed E-state index contributed by atoms with van der Waals surface area (Å²) in [6.45, 7) is 4.35. The van der Waals surface area contributed by atoms with E-state index < -0.39 is 0 Å². The van der Waals surface area contributed by atoms with Crippen molar-refractivity contribution in [3.63, 3.8) is 0 Å². The van der Waals surface area contributed by atoms with E-state index in [0.29, 0.717) is 6.10 Å². The maximum absolute atomic E-state index is 5.94. The molecule has 0 amide bonds. The number of aryl methyl sites for hydroxylation is 1. The van der Waals surface area contributed by atoms with Crippen molar-refractivity contribution in [1.29, 1.82) is 0 Å². The standard InChI is InChI=1S/C13H19NO/c1-11-5-7-12(8-6-11)15-13-4-3-9-14(2)10-13/h5-8,13H,3-4,9-10H2,1-2H3. The summed E-state index contributed by atoms with van der Waals surface area (Å²) in [5, 5.41) is 0. The van der Waals surface area contributed by atoms with Gasteiger partial charge >= 0.3 is 0 Å². The number of likely N-dealkylation sites (tertiary alicyclic amines) is 1. The fraction of sp³-hybridized carbons (Fsp3) is 0.538. The van der Waals surface area contributed by atoms with Crippen LogP contribution in [-0.2, 0) is 0 Å². The molecule has 2 nitrogen and oxygen atoms in total. The van der Waals surface area contributed by atoms with E-state index in [4.69, 9.17) is 4.74 Å². The second-order valence-electron chi connectivity index (χ2n) is 4.46. The maximum atomic E-state index is 5.94. The molecule has 2 rings (SSSR count). The highest BCUT2D eigenvalue weighted by Gasteiger charge is 2.18. The Labute approximate surface area is 91.9 Å². The fourth-order valence-electron chi connectivity index (χ4n) is 2.02. The zero-order valence-electron chi connectivity index (χ0n) is 9.57. The van der Waals surface area contributed by atoms with Crippen molar-refractivity contribution in [3.05, 3.63) is 29.8 Å². The zero-order valence-corrected chi connectivity index (χ0v) is 9.57. The summed E-state index contributed by atoms with van der Waals surface area (Å²) in [6, 6.07) is 8.32. The molecule has 1 heterocycles. The molecule has 0 N–H and O–H groups in total. The number of piperidine rings is 1. The van der Waals surface area contributed by atoms with E-state index in [2.05, 4.69) is 43.1 Å². The first-order valence-corrected chi connectivity index (χ1v) is 5.66. The molecule has 0 aromatic heterocycles. The minimum Gasteiger partial charge on any atom is -0.489 e. The lowest BCUT2D eigenvalue weighted by atomic mass is 10.1. The van der Waals surface area contributed by atoms with Gasteiger partial charge in [0.2, 0.25) is 0 Å². The number of nitrogens with zero attached hydrogens (tertiary/aromatic N) is 1. The van der Waals surface area contributed by atoms with Crippen LogP contribution in [0.15, 0.2) is 24.3 Å². The Morgan fingerprint density at radius 1 is 1.27 bits per heavy atom. The van der Waals surface area contributed by atoms with Gasteiger partial charge in [-0.3, -0.25) is 0 Å². The molecule has 15 heavy (non-hydrogen) atoms. The topological polar surface area (TPSA) is 12.5 Å². The quantitative estimate of drug-likeness (QED) is 0.735. The second-order valence-corrected chi connectivity index (χ2v) is 4.46. The van der Waals surface area contributed by atoms with Crippen LogP contribution in [0.2, 0.25) is 0 Å². The maximum Gasteiger partial charge on any atom is 0.119 e. The van der Waals surface area contributed by atoms with Gasteiger partial charge in [-0.1, -0.05) is 17.7 Å². The average Bonchev–Trinajstić information content (AvgIpc) is 2.22. The fourth-order valence-corrected chi connectivity index (χ4v) is 2.02. The SMILES string of the molecule is Cc1ccc(OC2CCCN(C)C2)cc1. The summed E-state index contributed by atoms with van der Waals surface area (Å²) in [6.07, 6.45) is 2.79. The van der Waals surface area contributed by atoms with Crippen LogP contribution in [0.3, 0.4) is 0 Å². The number of likely N-dealkylation sites (N-methyl/N-ethyl adjacent to an activating group) is 1. The Bertz CT molecular complexity index is 307. The molecule has 1 unspecified atom stereocenters. The summed E-state index contributed by atoms with van der Waals surface area (Å²) < 4.78 is 5.94. The zero-order chi connectivity index (χ0) is 10.7. The Kier molecular flexibility index (Phi) is 3.27. The van der Waals surface area contributed by atoms with Crippen molar-refractivity contribution < 1.29 is 4.74 Å². The normalized spacial score (nSPS) is 22.7. The van der Waals surface area contributed by atoms with E-state index in [1.165, 1.54) is 24.9 Å². The molecular weight excluding hydrogens is 186 g/mol. The van der Waals surface area contributed by atoms with Gasteiger partial charge in [0.1, 0.15) is 11.9 Å². The molecule has 1 fully saturated rings. The molecule has 1 atom stereocenters. The van der Waals surface area contributed by atoms with E-state index in [1.807, 2.05) is 0 Å².